The number of ether oxygens (including phenoxy) is 1. The maximum atomic E-state index is 13.9. The van der Waals surface area contributed by atoms with Crippen LogP contribution in [0.2, 0.25) is 0 Å². The maximum absolute atomic E-state index is 13.9. The Morgan fingerprint density at radius 3 is 2.38 bits per heavy atom. The zero-order valence-corrected chi connectivity index (χ0v) is 20.3. The Balaban J connectivity index is 1.47. The van der Waals surface area contributed by atoms with Crippen LogP contribution in [0.4, 0.5) is 0 Å². The molecular formula is C28H37N3O3. The minimum Gasteiger partial charge on any atom is -0.376 e. The molecule has 34 heavy (non-hydrogen) atoms. The van der Waals surface area contributed by atoms with Gasteiger partial charge in [-0.15, -0.1) is 0 Å². The molecule has 5 rings (SSSR count). The van der Waals surface area contributed by atoms with E-state index in [0.717, 1.165) is 56.4 Å². The van der Waals surface area contributed by atoms with Gasteiger partial charge in [0.2, 0.25) is 5.91 Å². The lowest BCUT2D eigenvalue weighted by molar-refractivity contribution is -0.134. The molecule has 6 nitrogen and oxygen atoms in total. The van der Waals surface area contributed by atoms with Crippen molar-refractivity contribution in [3.8, 4) is 11.3 Å². The van der Waals surface area contributed by atoms with Gasteiger partial charge in [-0.2, -0.15) is 0 Å². The third-order valence-electron chi connectivity index (χ3n) is 7.92. The van der Waals surface area contributed by atoms with Crippen molar-refractivity contribution >= 4 is 11.8 Å². The van der Waals surface area contributed by atoms with E-state index in [1.165, 1.54) is 19.3 Å². The largest absolute Gasteiger partial charge is 0.376 e. The molecule has 0 bridgehead atoms. The van der Waals surface area contributed by atoms with Gasteiger partial charge in [0.05, 0.1) is 12.6 Å². The first-order valence-electron chi connectivity index (χ1n) is 13.1. The first kappa shape index (κ1) is 23.2. The summed E-state index contributed by atoms with van der Waals surface area (Å²) in [6.07, 6.45) is 10.0. The molecule has 1 aliphatic carbocycles. The summed E-state index contributed by atoms with van der Waals surface area (Å²) in [5.74, 6) is -0.123. The number of fused-ring (bicyclic) bond motifs is 1. The van der Waals surface area contributed by atoms with E-state index in [4.69, 9.17) is 4.74 Å². The number of carbonyl (C=O) groups excluding carboxylic acids is 2. The number of nitrogens with zero attached hydrogens (tertiary/aromatic N) is 2. The van der Waals surface area contributed by atoms with Gasteiger partial charge in [-0.1, -0.05) is 62.4 Å². The van der Waals surface area contributed by atoms with Crippen LogP contribution < -0.4 is 5.32 Å². The number of rotatable bonds is 5. The molecule has 6 heteroatoms. The van der Waals surface area contributed by atoms with E-state index < -0.39 is 5.54 Å². The van der Waals surface area contributed by atoms with E-state index in [0.29, 0.717) is 18.8 Å². The maximum Gasteiger partial charge on any atom is 0.271 e. The minimum absolute atomic E-state index is 0.00688. The average Bonchev–Trinajstić information content (AvgIpc) is 3.49. The van der Waals surface area contributed by atoms with Gasteiger partial charge >= 0.3 is 0 Å². The van der Waals surface area contributed by atoms with Crippen molar-refractivity contribution in [2.24, 2.45) is 0 Å². The molecule has 2 fully saturated rings. The second kappa shape index (κ2) is 9.95. The predicted molar refractivity (Wildman–Crippen MR) is 133 cm³/mol. The highest BCUT2D eigenvalue weighted by molar-refractivity contribution is 6.00. The lowest BCUT2D eigenvalue weighted by Crippen LogP contribution is -2.66. The highest BCUT2D eigenvalue weighted by atomic mass is 16.5. The zero-order valence-electron chi connectivity index (χ0n) is 20.3. The number of aromatic nitrogens is 1. The van der Waals surface area contributed by atoms with Gasteiger partial charge in [-0.3, -0.25) is 9.59 Å². The monoisotopic (exact) mass is 463 g/mol. The molecule has 182 valence electrons. The van der Waals surface area contributed by atoms with Crippen LogP contribution in [0, 0.1) is 0 Å². The molecule has 3 heterocycles. The second-order valence-corrected chi connectivity index (χ2v) is 10.4. The van der Waals surface area contributed by atoms with Crippen molar-refractivity contribution in [3.63, 3.8) is 0 Å². The molecule has 1 aromatic heterocycles. The zero-order chi connectivity index (χ0) is 23.5. The summed E-state index contributed by atoms with van der Waals surface area (Å²) in [5, 5.41) is 3.37. The third kappa shape index (κ3) is 4.52. The molecule has 2 atom stereocenters. The van der Waals surface area contributed by atoms with Gasteiger partial charge in [0, 0.05) is 24.9 Å². The minimum atomic E-state index is -0.971. The van der Waals surface area contributed by atoms with Gasteiger partial charge in [0.25, 0.3) is 5.91 Å². The average molecular weight is 464 g/mol. The van der Waals surface area contributed by atoms with E-state index in [9.17, 15) is 9.59 Å². The van der Waals surface area contributed by atoms with Crippen molar-refractivity contribution < 1.29 is 14.3 Å². The van der Waals surface area contributed by atoms with Crippen LogP contribution in [0.15, 0.2) is 42.5 Å². The quantitative estimate of drug-likeness (QED) is 0.694. The van der Waals surface area contributed by atoms with Gasteiger partial charge in [-0.25, -0.2) is 0 Å². The van der Waals surface area contributed by atoms with Gasteiger partial charge in [0.15, 0.2) is 0 Å². The van der Waals surface area contributed by atoms with E-state index >= 15 is 0 Å². The Kier molecular flexibility index (Phi) is 6.77. The Hall–Kier alpha value is -2.60. The van der Waals surface area contributed by atoms with Crippen LogP contribution in [0.3, 0.4) is 0 Å². The molecular weight excluding hydrogens is 426 g/mol. The first-order valence-corrected chi connectivity index (χ1v) is 13.1. The van der Waals surface area contributed by atoms with Crippen LogP contribution in [0.5, 0.6) is 0 Å². The van der Waals surface area contributed by atoms with Crippen LogP contribution in [-0.4, -0.2) is 52.1 Å². The molecule has 0 radical (unpaired) electrons. The van der Waals surface area contributed by atoms with Crippen molar-refractivity contribution in [2.45, 2.75) is 88.9 Å². The first-order chi connectivity index (χ1) is 16.6. The van der Waals surface area contributed by atoms with Gasteiger partial charge in [-0.05, 0) is 50.3 Å². The molecule has 0 spiro atoms. The Morgan fingerprint density at radius 1 is 0.971 bits per heavy atom. The van der Waals surface area contributed by atoms with E-state index in [1.807, 2.05) is 41.8 Å². The molecule has 1 N–H and O–H groups in total. The molecule has 2 aliphatic heterocycles. The third-order valence-corrected chi connectivity index (χ3v) is 7.92. The standard InChI is InChI=1S/C28H37N3O3/c1-28(27(33)29-22-13-8-3-2-4-9-14-22)20-30-24(21-11-6-5-7-12-21)16-17-25(30)26(32)31(28)19-23-15-10-18-34-23/h5-7,11-12,16-17,22-23H,2-4,8-10,13-15,18-20H2,1H3,(H,29,33)/t23-,28-/m0/s1. The van der Waals surface area contributed by atoms with Crippen LogP contribution in [0.25, 0.3) is 11.3 Å². The molecule has 3 aliphatic rings. The summed E-state index contributed by atoms with van der Waals surface area (Å²) in [4.78, 5) is 29.6. The van der Waals surface area contributed by atoms with Crippen molar-refractivity contribution in [2.75, 3.05) is 13.2 Å². The number of nitrogens with one attached hydrogen (secondary N) is 1. The smallest absolute Gasteiger partial charge is 0.271 e. The highest BCUT2D eigenvalue weighted by Gasteiger charge is 2.49. The summed E-state index contributed by atoms with van der Waals surface area (Å²) >= 11 is 0. The fraction of sp³-hybridized carbons (Fsp3) is 0.571. The summed E-state index contributed by atoms with van der Waals surface area (Å²) in [5.41, 5.74) is 1.71. The van der Waals surface area contributed by atoms with Crippen molar-refractivity contribution in [3.05, 3.63) is 48.2 Å². The topological polar surface area (TPSA) is 63.6 Å². The Morgan fingerprint density at radius 2 is 1.68 bits per heavy atom. The molecule has 1 saturated heterocycles. The van der Waals surface area contributed by atoms with Crippen LogP contribution in [0.1, 0.15) is 75.2 Å². The molecule has 2 amide bonds. The number of amides is 2. The Bertz CT molecular complexity index is 1000. The van der Waals surface area contributed by atoms with Crippen molar-refractivity contribution in [1.29, 1.82) is 0 Å². The Labute approximate surface area is 202 Å². The number of hydrogen-bond donors (Lipinski definition) is 1. The van der Waals surface area contributed by atoms with Crippen LogP contribution >= 0.6 is 0 Å². The summed E-state index contributed by atoms with van der Waals surface area (Å²) in [6, 6.07) is 14.2. The lowest BCUT2D eigenvalue weighted by Gasteiger charge is -2.45. The van der Waals surface area contributed by atoms with Gasteiger partial charge in [0.1, 0.15) is 11.2 Å². The van der Waals surface area contributed by atoms with Crippen molar-refractivity contribution in [1.82, 2.24) is 14.8 Å². The lowest BCUT2D eigenvalue weighted by atomic mass is 9.91. The van der Waals surface area contributed by atoms with Crippen LogP contribution in [-0.2, 0) is 16.1 Å². The SMILES string of the molecule is C[C@@]1(C(=O)NC2CCCCCCC2)Cn2c(ccc2-c2ccccc2)C(=O)N1C[C@@H]1CCCO1. The second-order valence-electron chi connectivity index (χ2n) is 10.4. The normalized spacial score (nSPS) is 26.1. The van der Waals surface area contributed by atoms with E-state index in [2.05, 4.69) is 17.4 Å². The number of hydrogen-bond acceptors (Lipinski definition) is 3. The number of benzene rings is 1. The predicted octanol–water partition coefficient (Wildman–Crippen LogP) is 4.78. The van der Waals surface area contributed by atoms with E-state index in [1.54, 1.807) is 4.90 Å². The van der Waals surface area contributed by atoms with E-state index in [-0.39, 0.29) is 24.0 Å². The molecule has 0 unspecified atom stereocenters. The summed E-state index contributed by atoms with van der Waals surface area (Å²) in [7, 11) is 0. The fourth-order valence-electron chi connectivity index (χ4n) is 5.85. The molecule has 2 aromatic rings. The fourth-order valence-corrected chi connectivity index (χ4v) is 5.85. The van der Waals surface area contributed by atoms with Gasteiger partial charge < -0.3 is 19.5 Å². The molecule has 1 aromatic carbocycles. The molecule has 1 saturated carbocycles. The summed E-state index contributed by atoms with van der Waals surface area (Å²) < 4.78 is 7.93. The number of carbonyl (C=O) groups is 2. The highest BCUT2D eigenvalue weighted by Crippen LogP contribution is 2.34. The summed E-state index contributed by atoms with van der Waals surface area (Å²) in [6.45, 7) is 3.57.